The Hall–Kier alpha value is -7.41. The Labute approximate surface area is 330 Å². The minimum Gasteiger partial charge on any atom is -0.456 e. The SMILES string of the molecule is c1ccc(-c2nc(-c3ccccc3)nc(-c3ccc(-c4ccc5oc6ccccc6c5c4)c4sc5c(-n6c7ccccc7c7ccccc76)cccc5c34)n2)cc1. The monoisotopic (exact) mass is 746 g/mol. The zero-order valence-corrected chi connectivity index (χ0v) is 31.2. The molecule has 4 heterocycles. The maximum absolute atomic E-state index is 6.26. The minimum atomic E-state index is 0.637. The van der Waals surface area contributed by atoms with Crippen molar-refractivity contribution in [3.05, 3.63) is 182 Å². The van der Waals surface area contributed by atoms with Crippen molar-refractivity contribution in [2.75, 3.05) is 0 Å². The third-order valence-corrected chi connectivity index (χ3v) is 12.3. The molecule has 0 saturated heterocycles. The summed E-state index contributed by atoms with van der Waals surface area (Å²) in [6.07, 6.45) is 0. The summed E-state index contributed by atoms with van der Waals surface area (Å²) in [5.74, 6) is 1.91. The van der Waals surface area contributed by atoms with Crippen molar-refractivity contribution in [2.45, 2.75) is 0 Å². The van der Waals surface area contributed by atoms with Crippen LogP contribution in [0.15, 0.2) is 186 Å². The van der Waals surface area contributed by atoms with Gasteiger partial charge in [-0.15, -0.1) is 11.3 Å². The van der Waals surface area contributed by atoms with E-state index < -0.39 is 0 Å². The molecule has 0 aliphatic rings. The van der Waals surface area contributed by atoms with Crippen LogP contribution in [0.1, 0.15) is 0 Å². The van der Waals surface area contributed by atoms with Gasteiger partial charge in [-0.1, -0.05) is 140 Å². The summed E-state index contributed by atoms with van der Waals surface area (Å²) in [7, 11) is 0. The van der Waals surface area contributed by atoms with Crippen LogP contribution in [0, 0.1) is 0 Å². The lowest BCUT2D eigenvalue weighted by atomic mass is 9.97. The average Bonchev–Trinajstić information content (AvgIpc) is 3.96. The number of aromatic nitrogens is 4. The molecule has 12 aromatic rings. The lowest BCUT2D eigenvalue weighted by molar-refractivity contribution is 0.669. The van der Waals surface area contributed by atoms with Crippen LogP contribution >= 0.6 is 11.3 Å². The number of hydrogen-bond donors (Lipinski definition) is 0. The molecule has 0 saturated carbocycles. The third-order valence-electron chi connectivity index (χ3n) is 11.1. The van der Waals surface area contributed by atoms with E-state index in [9.17, 15) is 0 Å². The normalized spacial score (nSPS) is 11.9. The van der Waals surface area contributed by atoms with Crippen LogP contribution in [0.3, 0.4) is 0 Å². The molecule has 0 unspecified atom stereocenters. The summed E-state index contributed by atoms with van der Waals surface area (Å²) in [5, 5.41) is 6.96. The molecule has 0 aliphatic carbocycles. The van der Waals surface area contributed by atoms with E-state index in [4.69, 9.17) is 19.4 Å². The van der Waals surface area contributed by atoms with Gasteiger partial charge in [-0.05, 0) is 53.6 Å². The Balaban J connectivity index is 1.18. The predicted molar refractivity (Wildman–Crippen MR) is 236 cm³/mol. The van der Waals surface area contributed by atoms with Gasteiger partial charge in [-0.2, -0.15) is 0 Å². The van der Waals surface area contributed by atoms with Gasteiger partial charge in [0.25, 0.3) is 0 Å². The van der Waals surface area contributed by atoms with Crippen LogP contribution in [-0.4, -0.2) is 19.5 Å². The Morgan fingerprint density at radius 1 is 0.386 bits per heavy atom. The first-order valence-electron chi connectivity index (χ1n) is 19.0. The van der Waals surface area contributed by atoms with E-state index in [1.165, 1.54) is 31.2 Å². The number of para-hydroxylation sites is 3. The molecular formula is C51H30N4OS. The van der Waals surface area contributed by atoms with Crippen molar-refractivity contribution in [3.8, 4) is 51.0 Å². The van der Waals surface area contributed by atoms with Gasteiger partial charge >= 0.3 is 0 Å². The lowest BCUT2D eigenvalue weighted by Gasteiger charge is -2.12. The van der Waals surface area contributed by atoms with Crippen molar-refractivity contribution in [1.29, 1.82) is 0 Å². The number of thiophene rings is 1. The topological polar surface area (TPSA) is 56.7 Å². The molecule has 0 spiro atoms. The maximum Gasteiger partial charge on any atom is 0.164 e. The summed E-state index contributed by atoms with van der Waals surface area (Å²) >= 11 is 1.83. The summed E-state index contributed by atoms with van der Waals surface area (Å²) in [5.41, 5.74) is 10.4. The molecule has 0 N–H and O–H groups in total. The molecule has 0 atom stereocenters. The molecule has 8 aromatic carbocycles. The fourth-order valence-corrected chi connectivity index (χ4v) is 9.85. The first-order valence-corrected chi connectivity index (χ1v) is 19.8. The summed E-state index contributed by atoms with van der Waals surface area (Å²) in [6, 6.07) is 63.7. The van der Waals surface area contributed by atoms with Crippen molar-refractivity contribution < 1.29 is 4.42 Å². The highest BCUT2D eigenvalue weighted by atomic mass is 32.1. The Bertz CT molecular complexity index is 3420. The molecule has 266 valence electrons. The highest BCUT2D eigenvalue weighted by molar-refractivity contribution is 7.27. The van der Waals surface area contributed by atoms with Crippen LogP contribution in [-0.2, 0) is 0 Å². The van der Waals surface area contributed by atoms with E-state index in [0.29, 0.717) is 17.5 Å². The second kappa shape index (κ2) is 12.6. The first-order chi connectivity index (χ1) is 28.3. The Kier molecular flexibility index (Phi) is 7.03. The number of hydrogen-bond acceptors (Lipinski definition) is 5. The van der Waals surface area contributed by atoms with Crippen molar-refractivity contribution in [1.82, 2.24) is 19.5 Å². The second-order valence-electron chi connectivity index (χ2n) is 14.3. The fraction of sp³-hybridized carbons (Fsp3) is 0. The van der Waals surface area contributed by atoms with Gasteiger partial charge in [-0.25, -0.2) is 15.0 Å². The molecule has 0 fully saturated rings. The van der Waals surface area contributed by atoms with Crippen LogP contribution < -0.4 is 0 Å². The van der Waals surface area contributed by atoms with Gasteiger partial charge in [0.05, 0.1) is 21.4 Å². The molecule has 0 bridgehead atoms. The largest absolute Gasteiger partial charge is 0.456 e. The van der Waals surface area contributed by atoms with Crippen molar-refractivity contribution in [2.24, 2.45) is 0 Å². The van der Waals surface area contributed by atoms with Crippen LogP contribution in [0.25, 0.3) is 115 Å². The van der Waals surface area contributed by atoms with Gasteiger partial charge in [-0.3, -0.25) is 0 Å². The van der Waals surface area contributed by atoms with Crippen LogP contribution in [0.5, 0.6) is 0 Å². The Morgan fingerprint density at radius 2 is 0.947 bits per heavy atom. The molecule has 0 aliphatic heterocycles. The standard InChI is InChI=1S/C51H30N4OS/c1-3-14-31(15-4-1)49-52-50(32-16-5-2-6-17-32)54-51(53-49)39-28-27-34(33-26-29-45-40(30-33)37-20-9-12-25-44(37)56-45)48-46(39)38-21-13-24-43(47(38)57-48)55-41-22-10-7-18-35(41)36-19-8-11-23-42(36)55/h1-30H. The highest BCUT2D eigenvalue weighted by Crippen LogP contribution is 2.48. The van der Waals surface area contributed by atoms with Crippen LogP contribution in [0.2, 0.25) is 0 Å². The van der Waals surface area contributed by atoms with Gasteiger partial charge in [0.2, 0.25) is 0 Å². The van der Waals surface area contributed by atoms with E-state index in [1.807, 2.05) is 59.9 Å². The van der Waals surface area contributed by atoms with E-state index in [0.717, 1.165) is 66.2 Å². The number of fused-ring (bicyclic) bond motifs is 9. The highest BCUT2D eigenvalue weighted by Gasteiger charge is 2.23. The molecular weight excluding hydrogens is 717 g/mol. The van der Waals surface area contributed by atoms with Gasteiger partial charge in [0, 0.05) is 53.7 Å². The molecule has 0 amide bonds. The van der Waals surface area contributed by atoms with Gasteiger partial charge in [0.15, 0.2) is 17.5 Å². The zero-order valence-electron chi connectivity index (χ0n) is 30.4. The molecule has 5 nitrogen and oxygen atoms in total. The molecule has 0 radical (unpaired) electrons. The van der Waals surface area contributed by atoms with E-state index in [1.54, 1.807) is 0 Å². The van der Waals surface area contributed by atoms with Crippen LogP contribution in [0.4, 0.5) is 0 Å². The molecule has 12 rings (SSSR count). The summed E-state index contributed by atoms with van der Waals surface area (Å²) in [4.78, 5) is 15.5. The van der Waals surface area contributed by atoms with Gasteiger partial charge in [0.1, 0.15) is 11.2 Å². The average molecular weight is 747 g/mol. The first kappa shape index (κ1) is 31.9. The zero-order chi connectivity index (χ0) is 37.5. The fourth-order valence-electron chi connectivity index (χ4n) is 8.48. The van der Waals surface area contributed by atoms with Crippen molar-refractivity contribution in [3.63, 3.8) is 0 Å². The quantitative estimate of drug-likeness (QED) is 0.176. The number of rotatable bonds is 5. The molecule has 4 aromatic heterocycles. The smallest absolute Gasteiger partial charge is 0.164 e. The number of nitrogens with zero attached hydrogens (tertiary/aromatic N) is 4. The second-order valence-corrected chi connectivity index (χ2v) is 15.4. The predicted octanol–water partition coefficient (Wildman–Crippen LogP) is 13.9. The lowest BCUT2D eigenvalue weighted by Crippen LogP contribution is -2.00. The van der Waals surface area contributed by atoms with E-state index in [2.05, 4.69) is 138 Å². The van der Waals surface area contributed by atoms with E-state index in [-0.39, 0.29) is 0 Å². The summed E-state index contributed by atoms with van der Waals surface area (Å²) in [6.45, 7) is 0. The summed E-state index contributed by atoms with van der Waals surface area (Å²) < 4.78 is 11.1. The molecule has 6 heteroatoms. The minimum absolute atomic E-state index is 0.637. The number of benzene rings is 8. The van der Waals surface area contributed by atoms with E-state index >= 15 is 0 Å². The van der Waals surface area contributed by atoms with Gasteiger partial charge < -0.3 is 8.98 Å². The third kappa shape index (κ3) is 4.98. The maximum atomic E-state index is 6.26. The molecule has 57 heavy (non-hydrogen) atoms. The number of furan rings is 1. The van der Waals surface area contributed by atoms with Crippen molar-refractivity contribution >= 4 is 75.3 Å². The Morgan fingerprint density at radius 3 is 1.65 bits per heavy atom.